The summed E-state index contributed by atoms with van der Waals surface area (Å²) in [4.78, 5) is 14.7. The molecule has 76 valence electrons. The third-order valence-corrected chi connectivity index (χ3v) is 2.25. The first-order chi connectivity index (χ1) is 7.18. The van der Waals surface area contributed by atoms with Gasteiger partial charge < -0.3 is 5.11 Å². The minimum absolute atomic E-state index is 0.119. The fourth-order valence-electron chi connectivity index (χ4n) is 1.19. The summed E-state index contributed by atoms with van der Waals surface area (Å²) >= 11 is 3.20. The number of rotatable bonds is 2. The number of halogens is 1. The number of aromatic nitrogens is 3. The quantitative estimate of drug-likeness (QED) is 0.900. The molecule has 5 nitrogen and oxygen atoms in total. The van der Waals surface area contributed by atoms with Gasteiger partial charge in [0, 0.05) is 18.6 Å². The first kappa shape index (κ1) is 9.85. The molecule has 0 aliphatic rings. The number of hydrogen-bond acceptors (Lipinski definition) is 3. The summed E-state index contributed by atoms with van der Waals surface area (Å²) in [5.41, 5.74) is 0.608. The molecule has 0 aromatic carbocycles. The maximum absolute atomic E-state index is 10.9. The van der Waals surface area contributed by atoms with Crippen molar-refractivity contribution in [2.24, 2.45) is 0 Å². The number of carbonyl (C=O) groups is 1. The standard InChI is InChI=1S/C9H6BrN3O2/c10-8-2-4-13(12-8)7-1-3-11-5-6(7)9(14)15/h1-5H,(H,14,15). The number of carboxylic acids is 1. The van der Waals surface area contributed by atoms with Crippen molar-refractivity contribution in [3.8, 4) is 5.69 Å². The lowest BCUT2D eigenvalue weighted by atomic mass is 10.2. The molecular weight excluding hydrogens is 262 g/mol. The molecule has 0 saturated heterocycles. The van der Waals surface area contributed by atoms with Crippen molar-refractivity contribution in [2.75, 3.05) is 0 Å². The molecule has 0 aliphatic heterocycles. The van der Waals surface area contributed by atoms with Crippen LogP contribution in [0.5, 0.6) is 0 Å². The van der Waals surface area contributed by atoms with Crippen molar-refractivity contribution in [2.45, 2.75) is 0 Å². The SMILES string of the molecule is O=C(O)c1cnccc1-n1ccc(Br)n1. The summed E-state index contributed by atoms with van der Waals surface area (Å²) < 4.78 is 2.13. The molecule has 2 aromatic heterocycles. The summed E-state index contributed by atoms with van der Waals surface area (Å²) in [7, 11) is 0. The molecule has 0 aliphatic carbocycles. The second kappa shape index (κ2) is 3.82. The predicted octanol–water partition coefficient (Wildman–Crippen LogP) is 1.73. The molecule has 2 rings (SSSR count). The van der Waals surface area contributed by atoms with Gasteiger partial charge in [0.25, 0.3) is 0 Å². The molecule has 0 radical (unpaired) electrons. The van der Waals surface area contributed by atoms with Gasteiger partial charge in [-0.05, 0) is 28.1 Å². The van der Waals surface area contributed by atoms with Gasteiger partial charge in [-0.15, -0.1) is 0 Å². The monoisotopic (exact) mass is 267 g/mol. The Morgan fingerprint density at radius 2 is 2.27 bits per heavy atom. The third-order valence-electron chi connectivity index (χ3n) is 1.83. The number of hydrogen-bond donors (Lipinski definition) is 1. The van der Waals surface area contributed by atoms with Crippen LogP contribution in [-0.4, -0.2) is 25.8 Å². The lowest BCUT2D eigenvalue weighted by Gasteiger charge is -2.04. The molecular formula is C9H6BrN3O2. The van der Waals surface area contributed by atoms with Crippen molar-refractivity contribution in [1.82, 2.24) is 14.8 Å². The lowest BCUT2D eigenvalue weighted by molar-refractivity contribution is 0.0696. The van der Waals surface area contributed by atoms with E-state index >= 15 is 0 Å². The highest BCUT2D eigenvalue weighted by Crippen LogP contribution is 2.14. The highest BCUT2D eigenvalue weighted by atomic mass is 79.9. The van der Waals surface area contributed by atoms with Gasteiger partial charge in [-0.2, -0.15) is 5.10 Å². The van der Waals surface area contributed by atoms with E-state index in [4.69, 9.17) is 5.11 Å². The summed E-state index contributed by atoms with van der Waals surface area (Å²) in [6, 6.07) is 3.33. The average molecular weight is 268 g/mol. The van der Waals surface area contributed by atoms with E-state index in [0.717, 1.165) is 0 Å². The van der Waals surface area contributed by atoms with E-state index in [1.54, 1.807) is 18.3 Å². The van der Waals surface area contributed by atoms with Crippen LogP contribution >= 0.6 is 15.9 Å². The Kier molecular flexibility index (Phi) is 2.51. The largest absolute Gasteiger partial charge is 0.478 e. The van der Waals surface area contributed by atoms with Gasteiger partial charge in [0.2, 0.25) is 0 Å². The second-order valence-electron chi connectivity index (χ2n) is 2.78. The number of carboxylic acid groups (broad SMARTS) is 1. The molecule has 0 bridgehead atoms. The lowest BCUT2D eigenvalue weighted by Crippen LogP contribution is -2.06. The Morgan fingerprint density at radius 1 is 1.47 bits per heavy atom. The zero-order valence-electron chi connectivity index (χ0n) is 7.46. The Hall–Kier alpha value is -1.69. The van der Waals surface area contributed by atoms with Gasteiger partial charge >= 0.3 is 5.97 Å². The van der Waals surface area contributed by atoms with Gasteiger partial charge in [0.05, 0.1) is 5.69 Å². The molecule has 0 unspecified atom stereocenters. The summed E-state index contributed by atoms with van der Waals surface area (Å²) in [6.45, 7) is 0. The van der Waals surface area contributed by atoms with Crippen LogP contribution in [0.3, 0.4) is 0 Å². The van der Waals surface area contributed by atoms with Gasteiger partial charge in [-0.3, -0.25) is 4.98 Å². The molecule has 1 N–H and O–H groups in total. The molecule has 0 atom stereocenters. The van der Waals surface area contributed by atoms with Crippen molar-refractivity contribution < 1.29 is 9.90 Å². The highest BCUT2D eigenvalue weighted by Gasteiger charge is 2.11. The summed E-state index contributed by atoms with van der Waals surface area (Å²) in [5, 5.41) is 13.0. The summed E-state index contributed by atoms with van der Waals surface area (Å²) in [6.07, 6.45) is 4.50. The predicted molar refractivity (Wildman–Crippen MR) is 56.0 cm³/mol. The van der Waals surface area contributed by atoms with E-state index in [0.29, 0.717) is 10.3 Å². The first-order valence-corrected chi connectivity index (χ1v) is 4.86. The van der Waals surface area contributed by atoms with Gasteiger partial charge in [0.1, 0.15) is 10.2 Å². The van der Waals surface area contributed by atoms with Crippen LogP contribution < -0.4 is 0 Å². The van der Waals surface area contributed by atoms with Crippen molar-refractivity contribution >= 4 is 21.9 Å². The van der Waals surface area contributed by atoms with E-state index in [2.05, 4.69) is 26.0 Å². The number of pyridine rings is 1. The van der Waals surface area contributed by atoms with E-state index in [1.165, 1.54) is 17.1 Å². The Labute approximate surface area is 93.5 Å². The Balaban J connectivity index is 2.57. The average Bonchev–Trinajstić information content (AvgIpc) is 2.65. The number of aromatic carboxylic acids is 1. The highest BCUT2D eigenvalue weighted by molar-refractivity contribution is 9.10. The zero-order valence-corrected chi connectivity index (χ0v) is 9.05. The van der Waals surface area contributed by atoms with E-state index in [-0.39, 0.29) is 5.56 Å². The van der Waals surface area contributed by atoms with Crippen LogP contribution in [-0.2, 0) is 0 Å². The molecule has 15 heavy (non-hydrogen) atoms. The molecule has 0 fully saturated rings. The summed E-state index contributed by atoms with van der Waals surface area (Å²) in [5.74, 6) is -1.02. The zero-order chi connectivity index (χ0) is 10.8. The van der Waals surface area contributed by atoms with E-state index in [1.807, 2.05) is 0 Å². The third kappa shape index (κ3) is 1.89. The van der Waals surface area contributed by atoms with Gasteiger partial charge in [-0.25, -0.2) is 9.48 Å². The maximum atomic E-state index is 10.9. The Morgan fingerprint density at radius 3 is 2.87 bits per heavy atom. The van der Waals surface area contributed by atoms with Crippen LogP contribution in [0, 0.1) is 0 Å². The van der Waals surface area contributed by atoms with E-state index in [9.17, 15) is 4.79 Å². The molecule has 0 saturated carbocycles. The Bertz CT molecular complexity index is 510. The van der Waals surface area contributed by atoms with Gasteiger partial charge in [0.15, 0.2) is 0 Å². The molecule has 0 spiro atoms. The molecule has 2 heterocycles. The molecule has 6 heteroatoms. The number of nitrogens with zero attached hydrogens (tertiary/aromatic N) is 3. The fourth-order valence-corrected chi connectivity index (χ4v) is 1.48. The second-order valence-corrected chi connectivity index (χ2v) is 3.59. The van der Waals surface area contributed by atoms with Crippen molar-refractivity contribution in [3.63, 3.8) is 0 Å². The molecule has 2 aromatic rings. The van der Waals surface area contributed by atoms with Crippen molar-refractivity contribution in [3.05, 3.63) is 40.9 Å². The van der Waals surface area contributed by atoms with Crippen molar-refractivity contribution in [1.29, 1.82) is 0 Å². The minimum Gasteiger partial charge on any atom is -0.478 e. The minimum atomic E-state index is -1.02. The molecule has 0 amide bonds. The van der Waals surface area contributed by atoms with Crippen LogP contribution in [0.25, 0.3) is 5.69 Å². The van der Waals surface area contributed by atoms with E-state index < -0.39 is 5.97 Å². The topological polar surface area (TPSA) is 68.0 Å². The van der Waals surface area contributed by atoms with Crippen LogP contribution in [0.15, 0.2) is 35.3 Å². The van der Waals surface area contributed by atoms with Gasteiger partial charge in [-0.1, -0.05) is 0 Å². The fraction of sp³-hybridized carbons (Fsp3) is 0. The maximum Gasteiger partial charge on any atom is 0.339 e. The smallest absolute Gasteiger partial charge is 0.339 e. The van der Waals surface area contributed by atoms with Crippen LogP contribution in [0.4, 0.5) is 0 Å². The normalized spacial score (nSPS) is 10.2. The van der Waals surface area contributed by atoms with Crippen LogP contribution in [0.2, 0.25) is 0 Å². The first-order valence-electron chi connectivity index (χ1n) is 4.07. The van der Waals surface area contributed by atoms with Crippen LogP contribution in [0.1, 0.15) is 10.4 Å².